The molecule has 1 fully saturated rings. The molecular formula is C22H23FN4O. The second-order valence-electron chi connectivity index (χ2n) is 7.34. The zero-order valence-electron chi connectivity index (χ0n) is 15.6. The van der Waals surface area contributed by atoms with Crippen molar-refractivity contribution in [1.82, 2.24) is 20.1 Å². The third kappa shape index (κ3) is 4.27. The second-order valence-corrected chi connectivity index (χ2v) is 7.34. The minimum Gasteiger partial charge on any atom is -0.338 e. The Morgan fingerprint density at radius 1 is 1.14 bits per heavy atom. The number of amides is 1. The number of H-pyrrole nitrogens is 1. The van der Waals surface area contributed by atoms with Crippen molar-refractivity contribution in [2.24, 2.45) is 5.92 Å². The van der Waals surface area contributed by atoms with E-state index in [1.54, 1.807) is 0 Å². The van der Waals surface area contributed by atoms with Crippen molar-refractivity contribution in [3.05, 3.63) is 71.8 Å². The largest absolute Gasteiger partial charge is 0.338 e. The third-order valence-corrected chi connectivity index (χ3v) is 5.38. The lowest BCUT2D eigenvalue weighted by Gasteiger charge is -2.33. The second kappa shape index (κ2) is 8.33. The highest BCUT2D eigenvalue weighted by Crippen LogP contribution is 2.24. The Morgan fingerprint density at radius 3 is 2.64 bits per heavy atom. The quantitative estimate of drug-likeness (QED) is 0.727. The summed E-state index contributed by atoms with van der Waals surface area (Å²) in [6.45, 7) is 1.58. The Morgan fingerprint density at radius 2 is 1.93 bits per heavy atom. The molecule has 1 amide bonds. The van der Waals surface area contributed by atoms with E-state index in [0.717, 1.165) is 49.9 Å². The topological polar surface area (TPSA) is 61.9 Å². The number of carbonyl (C=O) groups is 1. The lowest BCUT2D eigenvalue weighted by Crippen LogP contribution is -2.40. The number of hydrogen-bond donors (Lipinski definition) is 1. The summed E-state index contributed by atoms with van der Waals surface area (Å²) in [4.78, 5) is 19.0. The van der Waals surface area contributed by atoms with Crippen molar-refractivity contribution in [2.45, 2.75) is 25.7 Å². The molecule has 0 spiro atoms. The number of nitrogens with zero attached hydrogens (tertiary/aromatic N) is 3. The minimum absolute atomic E-state index is 0.0793. The van der Waals surface area contributed by atoms with Gasteiger partial charge in [0.05, 0.1) is 0 Å². The molecule has 1 aliphatic heterocycles. The highest BCUT2D eigenvalue weighted by atomic mass is 19.1. The molecule has 2 aromatic carbocycles. The van der Waals surface area contributed by atoms with Crippen LogP contribution in [0.1, 0.15) is 35.2 Å². The lowest BCUT2D eigenvalue weighted by molar-refractivity contribution is 0.0668. The average Bonchev–Trinajstić information content (AvgIpc) is 3.28. The smallest absolute Gasteiger partial charge is 0.253 e. The van der Waals surface area contributed by atoms with Crippen molar-refractivity contribution in [3.63, 3.8) is 0 Å². The fourth-order valence-electron chi connectivity index (χ4n) is 3.80. The zero-order chi connectivity index (χ0) is 19.3. The average molecular weight is 378 g/mol. The van der Waals surface area contributed by atoms with Gasteiger partial charge in [-0.2, -0.15) is 5.10 Å². The molecule has 1 aliphatic rings. The normalized spacial score (nSPS) is 16.9. The van der Waals surface area contributed by atoms with Gasteiger partial charge in [0.1, 0.15) is 12.1 Å². The van der Waals surface area contributed by atoms with Crippen molar-refractivity contribution < 1.29 is 9.18 Å². The molecule has 1 saturated heterocycles. The Labute approximate surface area is 163 Å². The van der Waals surface area contributed by atoms with E-state index < -0.39 is 0 Å². The van der Waals surface area contributed by atoms with Gasteiger partial charge in [0.15, 0.2) is 5.82 Å². The van der Waals surface area contributed by atoms with Crippen LogP contribution in [0, 0.1) is 11.7 Å². The van der Waals surface area contributed by atoms with Gasteiger partial charge in [0.25, 0.3) is 5.91 Å². The van der Waals surface area contributed by atoms with E-state index in [1.165, 1.54) is 18.5 Å². The molecule has 1 atom stereocenters. The molecule has 1 N–H and O–H groups in total. The van der Waals surface area contributed by atoms with Crippen molar-refractivity contribution in [1.29, 1.82) is 0 Å². The van der Waals surface area contributed by atoms with Crippen LogP contribution >= 0.6 is 0 Å². The van der Waals surface area contributed by atoms with E-state index in [4.69, 9.17) is 0 Å². The zero-order valence-corrected chi connectivity index (χ0v) is 15.6. The van der Waals surface area contributed by atoms with Crippen LogP contribution in [0.15, 0.2) is 54.9 Å². The molecule has 0 unspecified atom stereocenters. The minimum atomic E-state index is -0.201. The standard InChI is InChI=1S/C22H23FN4O/c23-20-11-5-16(6-12-20)3-4-17-2-1-13-27(14-17)22(28)19-9-7-18(8-10-19)21-24-15-25-26-21/h5-12,15,17H,1-4,13-14H2,(H,24,25,26)/t17-/m0/s1. The number of nitrogens with one attached hydrogen (secondary N) is 1. The summed E-state index contributed by atoms with van der Waals surface area (Å²) in [5, 5.41) is 6.68. The molecule has 0 radical (unpaired) electrons. The maximum atomic E-state index is 13.0. The maximum absolute atomic E-state index is 13.0. The number of piperidine rings is 1. The number of benzene rings is 2. The first-order valence-corrected chi connectivity index (χ1v) is 9.68. The number of rotatable bonds is 5. The van der Waals surface area contributed by atoms with Crippen molar-refractivity contribution in [2.75, 3.05) is 13.1 Å². The fourth-order valence-corrected chi connectivity index (χ4v) is 3.80. The van der Waals surface area contributed by atoms with Crippen LogP contribution in [-0.4, -0.2) is 39.1 Å². The lowest BCUT2D eigenvalue weighted by atomic mass is 9.91. The third-order valence-electron chi connectivity index (χ3n) is 5.38. The number of aryl methyl sites for hydroxylation is 1. The summed E-state index contributed by atoms with van der Waals surface area (Å²) >= 11 is 0. The fraction of sp³-hybridized carbons (Fsp3) is 0.318. The van der Waals surface area contributed by atoms with E-state index in [1.807, 2.05) is 41.3 Å². The molecule has 0 saturated carbocycles. The van der Waals surface area contributed by atoms with Crippen LogP contribution in [0.3, 0.4) is 0 Å². The van der Waals surface area contributed by atoms with Crippen molar-refractivity contribution >= 4 is 5.91 Å². The number of aromatic nitrogens is 3. The maximum Gasteiger partial charge on any atom is 0.253 e. The molecule has 0 bridgehead atoms. The van der Waals surface area contributed by atoms with E-state index in [-0.39, 0.29) is 11.7 Å². The highest BCUT2D eigenvalue weighted by Gasteiger charge is 2.24. The summed E-state index contributed by atoms with van der Waals surface area (Å²) in [7, 11) is 0. The molecule has 2 heterocycles. The van der Waals surface area contributed by atoms with Gasteiger partial charge in [-0.3, -0.25) is 9.89 Å². The summed E-state index contributed by atoms with van der Waals surface area (Å²) < 4.78 is 13.0. The van der Waals surface area contributed by atoms with Crippen LogP contribution in [0.5, 0.6) is 0 Å². The van der Waals surface area contributed by atoms with Crippen LogP contribution in [0.2, 0.25) is 0 Å². The Kier molecular flexibility index (Phi) is 5.46. The van der Waals surface area contributed by atoms with E-state index in [2.05, 4.69) is 15.2 Å². The van der Waals surface area contributed by atoms with Crippen molar-refractivity contribution in [3.8, 4) is 11.4 Å². The van der Waals surface area contributed by atoms with E-state index >= 15 is 0 Å². The van der Waals surface area contributed by atoms with E-state index in [0.29, 0.717) is 17.3 Å². The first kappa shape index (κ1) is 18.3. The molecule has 5 nitrogen and oxygen atoms in total. The van der Waals surface area contributed by atoms with Gasteiger partial charge < -0.3 is 4.90 Å². The Bertz CT molecular complexity index is 907. The first-order valence-electron chi connectivity index (χ1n) is 9.68. The molecule has 1 aromatic heterocycles. The van der Waals surface area contributed by atoms with Gasteiger partial charge in [-0.25, -0.2) is 9.37 Å². The first-order chi connectivity index (χ1) is 13.7. The predicted octanol–water partition coefficient (Wildman–Crippen LogP) is 4.10. The van der Waals surface area contributed by atoms with Gasteiger partial charge in [-0.15, -0.1) is 0 Å². The SMILES string of the molecule is O=C(c1ccc(-c2ncn[nH]2)cc1)N1CCC[C@@H](CCc2ccc(F)cc2)C1. The van der Waals surface area contributed by atoms with Gasteiger partial charge in [0, 0.05) is 24.2 Å². The number of likely N-dealkylation sites (tertiary alicyclic amines) is 1. The Hall–Kier alpha value is -3.02. The van der Waals surface area contributed by atoms with Crippen LogP contribution in [-0.2, 0) is 6.42 Å². The molecule has 6 heteroatoms. The predicted molar refractivity (Wildman–Crippen MR) is 105 cm³/mol. The van der Waals surface area contributed by atoms with E-state index in [9.17, 15) is 9.18 Å². The van der Waals surface area contributed by atoms with Gasteiger partial charge >= 0.3 is 0 Å². The summed E-state index contributed by atoms with van der Waals surface area (Å²) in [5.74, 6) is 1.05. The van der Waals surface area contributed by atoms with Gasteiger partial charge in [-0.1, -0.05) is 24.3 Å². The monoisotopic (exact) mass is 378 g/mol. The number of aromatic amines is 1. The summed E-state index contributed by atoms with van der Waals surface area (Å²) in [5.41, 5.74) is 2.75. The van der Waals surface area contributed by atoms with Gasteiger partial charge in [-0.05, 0) is 61.4 Å². The highest BCUT2D eigenvalue weighted by molar-refractivity contribution is 5.94. The summed E-state index contributed by atoms with van der Waals surface area (Å²) in [6, 6.07) is 14.2. The molecule has 4 rings (SSSR count). The van der Waals surface area contributed by atoms with Crippen LogP contribution < -0.4 is 0 Å². The van der Waals surface area contributed by atoms with Crippen LogP contribution in [0.25, 0.3) is 11.4 Å². The Balaban J connectivity index is 1.35. The molecular weight excluding hydrogens is 355 g/mol. The number of halogens is 1. The number of hydrogen-bond acceptors (Lipinski definition) is 3. The summed E-state index contributed by atoms with van der Waals surface area (Å²) in [6.07, 6.45) is 5.55. The van der Waals surface area contributed by atoms with Crippen LogP contribution in [0.4, 0.5) is 4.39 Å². The molecule has 144 valence electrons. The number of carbonyl (C=O) groups excluding carboxylic acids is 1. The molecule has 3 aromatic rings. The molecule has 0 aliphatic carbocycles. The molecule has 28 heavy (non-hydrogen) atoms. The van der Waals surface area contributed by atoms with Gasteiger partial charge in [0.2, 0.25) is 0 Å².